The summed E-state index contributed by atoms with van der Waals surface area (Å²) in [5.41, 5.74) is 7.48. The Hall–Kier alpha value is -1.75. The van der Waals surface area contributed by atoms with Crippen molar-refractivity contribution in [3.8, 4) is 0 Å². The average molecular weight is 237 g/mol. The van der Waals surface area contributed by atoms with Crippen molar-refractivity contribution in [1.29, 1.82) is 0 Å². The van der Waals surface area contributed by atoms with Crippen LogP contribution in [0, 0.1) is 18.6 Å². The molecule has 2 rings (SSSR count). The number of aromatic nitrogens is 2. The molecule has 1 aromatic heterocycles. The minimum atomic E-state index is -0.709. The number of rotatable bonds is 2. The Balaban J connectivity index is 2.46. The second kappa shape index (κ2) is 4.25. The van der Waals surface area contributed by atoms with Gasteiger partial charge in [-0.15, -0.1) is 0 Å². The Morgan fingerprint density at radius 2 is 2.00 bits per heavy atom. The summed E-state index contributed by atoms with van der Waals surface area (Å²) in [7, 11) is 1.76. The molecule has 1 aromatic carbocycles. The molecule has 0 amide bonds. The highest BCUT2D eigenvalue weighted by atomic mass is 19.1. The molecule has 0 aliphatic carbocycles. The van der Waals surface area contributed by atoms with Crippen LogP contribution in [-0.2, 0) is 7.05 Å². The molecule has 2 aromatic rings. The van der Waals surface area contributed by atoms with Crippen LogP contribution in [0.3, 0.4) is 0 Å². The van der Waals surface area contributed by atoms with Crippen LogP contribution in [0.15, 0.2) is 24.4 Å². The fraction of sp³-hybridized carbons (Fsp3) is 0.250. The van der Waals surface area contributed by atoms with Gasteiger partial charge in [-0.25, -0.2) is 8.78 Å². The van der Waals surface area contributed by atoms with Gasteiger partial charge in [-0.2, -0.15) is 5.10 Å². The van der Waals surface area contributed by atoms with Gasteiger partial charge in [0.2, 0.25) is 0 Å². The topological polar surface area (TPSA) is 43.8 Å². The zero-order valence-corrected chi connectivity index (χ0v) is 9.61. The van der Waals surface area contributed by atoms with Crippen LogP contribution < -0.4 is 5.73 Å². The van der Waals surface area contributed by atoms with E-state index in [1.165, 1.54) is 0 Å². The van der Waals surface area contributed by atoms with Crippen LogP contribution in [-0.4, -0.2) is 9.78 Å². The first kappa shape index (κ1) is 11.7. The SMILES string of the molecule is Cc1nn(C)cc1C(N)c1cc(F)ccc1F. The van der Waals surface area contributed by atoms with E-state index in [4.69, 9.17) is 5.73 Å². The summed E-state index contributed by atoms with van der Waals surface area (Å²) in [6, 6.07) is 2.56. The first-order valence-electron chi connectivity index (χ1n) is 5.19. The summed E-state index contributed by atoms with van der Waals surface area (Å²) in [5, 5.41) is 4.13. The summed E-state index contributed by atoms with van der Waals surface area (Å²) in [6.45, 7) is 1.78. The fourth-order valence-electron chi connectivity index (χ4n) is 1.84. The molecule has 3 nitrogen and oxygen atoms in total. The van der Waals surface area contributed by atoms with Crippen LogP contribution in [0.5, 0.6) is 0 Å². The molecule has 0 spiro atoms. The van der Waals surface area contributed by atoms with Crippen molar-refractivity contribution in [3.05, 3.63) is 52.9 Å². The lowest BCUT2D eigenvalue weighted by atomic mass is 10.00. The van der Waals surface area contributed by atoms with Gasteiger partial charge in [0.25, 0.3) is 0 Å². The maximum absolute atomic E-state index is 13.6. The summed E-state index contributed by atoms with van der Waals surface area (Å²) in [5.74, 6) is -1.01. The summed E-state index contributed by atoms with van der Waals surface area (Å²) >= 11 is 0. The van der Waals surface area contributed by atoms with Crippen LogP contribution in [0.25, 0.3) is 0 Å². The third-order valence-electron chi connectivity index (χ3n) is 2.68. The Morgan fingerprint density at radius 1 is 1.29 bits per heavy atom. The van der Waals surface area contributed by atoms with Crippen molar-refractivity contribution in [2.75, 3.05) is 0 Å². The monoisotopic (exact) mass is 237 g/mol. The molecule has 0 radical (unpaired) electrons. The van der Waals surface area contributed by atoms with E-state index in [0.29, 0.717) is 11.3 Å². The molecule has 1 atom stereocenters. The van der Waals surface area contributed by atoms with E-state index < -0.39 is 17.7 Å². The van der Waals surface area contributed by atoms with Gasteiger partial charge in [0.05, 0.1) is 11.7 Å². The van der Waals surface area contributed by atoms with Gasteiger partial charge >= 0.3 is 0 Å². The number of benzene rings is 1. The highest BCUT2D eigenvalue weighted by molar-refractivity contribution is 5.33. The van der Waals surface area contributed by atoms with Crippen molar-refractivity contribution in [2.24, 2.45) is 12.8 Å². The normalized spacial score (nSPS) is 12.8. The quantitative estimate of drug-likeness (QED) is 0.868. The standard InChI is InChI=1S/C12H13F2N3/c1-7-10(6-17(2)16-7)12(15)9-5-8(13)3-4-11(9)14/h3-6,12H,15H2,1-2H3. The molecule has 0 fully saturated rings. The van der Waals surface area contributed by atoms with Crippen molar-refractivity contribution >= 4 is 0 Å². The first-order chi connectivity index (χ1) is 7.99. The number of halogens is 2. The molecule has 0 saturated heterocycles. The van der Waals surface area contributed by atoms with Crippen LogP contribution in [0.2, 0.25) is 0 Å². The maximum atomic E-state index is 13.6. The molecule has 0 bridgehead atoms. The lowest BCUT2D eigenvalue weighted by Gasteiger charge is -2.12. The Morgan fingerprint density at radius 3 is 2.59 bits per heavy atom. The van der Waals surface area contributed by atoms with Gasteiger partial charge in [-0.3, -0.25) is 4.68 Å². The molecule has 0 aliphatic heterocycles. The highest BCUT2D eigenvalue weighted by Crippen LogP contribution is 2.24. The van der Waals surface area contributed by atoms with Gasteiger partial charge in [0.1, 0.15) is 11.6 Å². The molecular formula is C12H13F2N3. The van der Waals surface area contributed by atoms with E-state index in [9.17, 15) is 8.78 Å². The number of nitrogens with two attached hydrogens (primary N) is 1. The fourth-order valence-corrected chi connectivity index (χ4v) is 1.84. The van der Waals surface area contributed by atoms with Crippen molar-refractivity contribution in [2.45, 2.75) is 13.0 Å². The van der Waals surface area contributed by atoms with E-state index in [0.717, 1.165) is 18.2 Å². The van der Waals surface area contributed by atoms with Crippen molar-refractivity contribution < 1.29 is 8.78 Å². The minimum absolute atomic E-state index is 0.140. The van der Waals surface area contributed by atoms with E-state index in [-0.39, 0.29) is 5.56 Å². The van der Waals surface area contributed by atoms with Crippen LogP contribution in [0.4, 0.5) is 8.78 Å². The smallest absolute Gasteiger partial charge is 0.128 e. The summed E-state index contributed by atoms with van der Waals surface area (Å²) in [4.78, 5) is 0. The lowest BCUT2D eigenvalue weighted by molar-refractivity contribution is 0.576. The molecular weight excluding hydrogens is 224 g/mol. The minimum Gasteiger partial charge on any atom is -0.320 e. The van der Waals surface area contributed by atoms with Crippen LogP contribution in [0.1, 0.15) is 22.9 Å². The maximum Gasteiger partial charge on any atom is 0.128 e. The predicted octanol–water partition coefficient (Wildman–Crippen LogP) is 2.05. The molecule has 90 valence electrons. The Labute approximate surface area is 97.9 Å². The van der Waals surface area contributed by atoms with E-state index in [1.54, 1.807) is 24.9 Å². The molecule has 1 unspecified atom stereocenters. The lowest BCUT2D eigenvalue weighted by Crippen LogP contribution is -2.14. The van der Waals surface area contributed by atoms with Gasteiger partial charge in [-0.05, 0) is 25.1 Å². The molecule has 17 heavy (non-hydrogen) atoms. The molecule has 0 aliphatic rings. The largest absolute Gasteiger partial charge is 0.320 e. The number of hydrogen-bond donors (Lipinski definition) is 1. The predicted molar refractivity (Wildman–Crippen MR) is 60.3 cm³/mol. The molecule has 0 saturated carbocycles. The number of aryl methyl sites for hydroxylation is 2. The average Bonchev–Trinajstić information content (AvgIpc) is 2.60. The molecule has 5 heteroatoms. The Bertz CT molecular complexity index is 549. The highest BCUT2D eigenvalue weighted by Gasteiger charge is 2.18. The van der Waals surface area contributed by atoms with Gasteiger partial charge in [-0.1, -0.05) is 0 Å². The van der Waals surface area contributed by atoms with E-state index in [1.807, 2.05) is 0 Å². The zero-order valence-electron chi connectivity index (χ0n) is 9.61. The molecule has 2 N–H and O–H groups in total. The summed E-state index contributed by atoms with van der Waals surface area (Å²) in [6.07, 6.45) is 1.71. The number of hydrogen-bond acceptors (Lipinski definition) is 2. The second-order valence-corrected chi connectivity index (χ2v) is 3.99. The Kier molecular flexibility index (Phi) is 2.93. The van der Waals surface area contributed by atoms with Gasteiger partial charge in [0.15, 0.2) is 0 Å². The third kappa shape index (κ3) is 2.19. The van der Waals surface area contributed by atoms with Gasteiger partial charge < -0.3 is 5.73 Å². The van der Waals surface area contributed by atoms with Crippen molar-refractivity contribution in [3.63, 3.8) is 0 Å². The van der Waals surface area contributed by atoms with Gasteiger partial charge in [0, 0.05) is 24.4 Å². The van der Waals surface area contributed by atoms with E-state index in [2.05, 4.69) is 5.10 Å². The zero-order chi connectivity index (χ0) is 12.6. The first-order valence-corrected chi connectivity index (χ1v) is 5.19. The van der Waals surface area contributed by atoms with E-state index >= 15 is 0 Å². The molecule has 1 heterocycles. The van der Waals surface area contributed by atoms with Crippen molar-refractivity contribution in [1.82, 2.24) is 9.78 Å². The number of nitrogens with zero attached hydrogens (tertiary/aromatic N) is 2. The summed E-state index contributed by atoms with van der Waals surface area (Å²) < 4.78 is 28.3. The third-order valence-corrected chi connectivity index (χ3v) is 2.68. The second-order valence-electron chi connectivity index (χ2n) is 3.99. The van der Waals surface area contributed by atoms with Crippen LogP contribution >= 0.6 is 0 Å².